The molecule has 0 aliphatic carbocycles. The average Bonchev–Trinajstić information content (AvgIpc) is 3.12. The fraction of sp³-hybridized carbons (Fsp3) is 0.286. The van der Waals surface area contributed by atoms with Gasteiger partial charge in [0, 0.05) is 28.8 Å². The van der Waals surface area contributed by atoms with E-state index in [0.717, 1.165) is 12.1 Å². The number of hydrogen-bond acceptors (Lipinski definition) is 7. The largest absolute Gasteiger partial charge is 0.384 e. The predicted octanol–water partition coefficient (Wildman–Crippen LogP) is 3.58. The number of carbonyl (C=O) groups is 1. The van der Waals surface area contributed by atoms with Crippen molar-refractivity contribution in [3.8, 4) is 11.1 Å². The number of benzene rings is 1. The summed E-state index contributed by atoms with van der Waals surface area (Å²) in [5, 5.41) is 6.25. The number of halogens is 2. The maximum Gasteiger partial charge on any atom is 0.261 e. The molecule has 0 saturated carbocycles. The summed E-state index contributed by atoms with van der Waals surface area (Å²) in [7, 11) is -3.67. The zero-order chi connectivity index (χ0) is 25.0. The highest BCUT2D eigenvalue weighted by Crippen LogP contribution is 2.26. The quantitative estimate of drug-likeness (QED) is 0.478. The molecule has 1 aromatic carbocycles. The summed E-state index contributed by atoms with van der Waals surface area (Å²) in [6, 6.07) is 7.05. The van der Waals surface area contributed by atoms with Crippen LogP contribution < -0.4 is 11.1 Å². The number of hydrogen-bond donors (Lipinski definition) is 3. The normalized spacial score (nSPS) is 11.5. The second kappa shape index (κ2) is 10.0. The Kier molecular flexibility index (Phi) is 7.88. The summed E-state index contributed by atoms with van der Waals surface area (Å²) in [5.74, 6) is -1.16. The van der Waals surface area contributed by atoms with Crippen molar-refractivity contribution in [1.29, 1.82) is 0 Å². The van der Waals surface area contributed by atoms with Crippen molar-refractivity contribution in [2.45, 2.75) is 32.6 Å². The SMILES string of the molecule is CC(C)(C)c1cc(NC(=O)Cc2c(F)cc(-c3ccc(N)nc3)cc2F)no1.CS(=O)(=O)O. The van der Waals surface area contributed by atoms with Gasteiger partial charge >= 0.3 is 0 Å². The first-order chi connectivity index (χ1) is 15.1. The van der Waals surface area contributed by atoms with Crippen LogP contribution in [0, 0.1) is 11.6 Å². The summed E-state index contributed by atoms with van der Waals surface area (Å²) < 4.78 is 59.9. The van der Waals surface area contributed by atoms with E-state index in [-0.39, 0.29) is 16.8 Å². The Balaban J connectivity index is 0.000000696. The van der Waals surface area contributed by atoms with E-state index < -0.39 is 34.1 Å². The van der Waals surface area contributed by atoms with Gasteiger partial charge in [-0.3, -0.25) is 9.35 Å². The van der Waals surface area contributed by atoms with Crippen LogP contribution in [0.5, 0.6) is 0 Å². The third-order valence-corrected chi connectivity index (χ3v) is 4.11. The number of carbonyl (C=O) groups excluding carboxylic acids is 1. The molecule has 9 nitrogen and oxygen atoms in total. The molecule has 12 heteroatoms. The Labute approximate surface area is 189 Å². The van der Waals surface area contributed by atoms with Gasteiger partial charge in [-0.2, -0.15) is 8.42 Å². The van der Waals surface area contributed by atoms with Crippen molar-refractivity contribution in [3.63, 3.8) is 0 Å². The van der Waals surface area contributed by atoms with Gasteiger partial charge < -0.3 is 15.6 Å². The molecule has 0 atom stereocenters. The van der Waals surface area contributed by atoms with Crippen molar-refractivity contribution >= 4 is 27.7 Å². The van der Waals surface area contributed by atoms with Gasteiger partial charge in [0.2, 0.25) is 5.91 Å². The van der Waals surface area contributed by atoms with Gasteiger partial charge in [-0.1, -0.05) is 25.9 Å². The minimum absolute atomic E-state index is 0.195. The van der Waals surface area contributed by atoms with Crippen LogP contribution in [0.2, 0.25) is 0 Å². The van der Waals surface area contributed by atoms with Crippen LogP contribution in [0.3, 0.4) is 0 Å². The van der Waals surface area contributed by atoms with E-state index in [2.05, 4.69) is 15.5 Å². The lowest BCUT2D eigenvalue weighted by Crippen LogP contribution is -2.16. The van der Waals surface area contributed by atoms with Crippen LogP contribution in [-0.4, -0.2) is 35.3 Å². The third-order valence-electron chi connectivity index (χ3n) is 4.11. The molecule has 178 valence electrons. The zero-order valence-electron chi connectivity index (χ0n) is 18.4. The van der Waals surface area contributed by atoms with Crippen molar-refractivity contribution in [3.05, 3.63) is 59.5 Å². The minimum Gasteiger partial charge on any atom is -0.384 e. The highest BCUT2D eigenvalue weighted by Gasteiger charge is 2.21. The molecule has 0 radical (unpaired) electrons. The van der Waals surface area contributed by atoms with Crippen LogP contribution in [0.25, 0.3) is 11.1 Å². The lowest BCUT2D eigenvalue weighted by atomic mass is 9.93. The summed E-state index contributed by atoms with van der Waals surface area (Å²) in [6.07, 6.45) is 1.66. The van der Waals surface area contributed by atoms with Crippen molar-refractivity contribution in [1.82, 2.24) is 10.1 Å². The molecule has 0 aliphatic heterocycles. The van der Waals surface area contributed by atoms with Crippen LogP contribution >= 0.6 is 0 Å². The van der Waals surface area contributed by atoms with Crippen molar-refractivity contribution in [2.24, 2.45) is 0 Å². The molecule has 0 bridgehead atoms. The van der Waals surface area contributed by atoms with Gasteiger partial charge in [0.05, 0.1) is 12.7 Å². The molecular formula is C21H24F2N4O5S. The Morgan fingerprint density at radius 3 is 2.18 bits per heavy atom. The molecule has 3 aromatic rings. The number of nitrogen functional groups attached to an aromatic ring is 1. The van der Waals surface area contributed by atoms with Gasteiger partial charge in [-0.25, -0.2) is 13.8 Å². The van der Waals surface area contributed by atoms with E-state index in [1.807, 2.05) is 20.8 Å². The molecule has 0 aliphatic rings. The minimum atomic E-state index is -3.67. The molecule has 33 heavy (non-hydrogen) atoms. The lowest BCUT2D eigenvalue weighted by molar-refractivity contribution is -0.115. The molecule has 0 saturated heterocycles. The monoisotopic (exact) mass is 482 g/mol. The van der Waals surface area contributed by atoms with E-state index in [0.29, 0.717) is 29.0 Å². The third kappa shape index (κ3) is 8.24. The zero-order valence-corrected chi connectivity index (χ0v) is 19.2. The van der Waals surface area contributed by atoms with Crippen LogP contribution in [-0.2, 0) is 26.7 Å². The smallest absolute Gasteiger partial charge is 0.261 e. The number of amides is 1. The van der Waals surface area contributed by atoms with E-state index in [1.54, 1.807) is 12.1 Å². The number of aromatic nitrogens is 2. The Morgan fingerprint density at radius 2 is 1.73 bits per heavy atom. The van der Waals surface area contributed by atoms with Gasteiger partial charge in [0.1, 0.15) is 23.2 Å². The second-order valence-corrected chi connectivity index (χ2v) is 9.64. The number of nitrogens with one attached hydrogen (secondary N) is 1. The second-order valence-electron chi connectivity index (χ2n) is 8.17. The Bertz CT molecular complexity index is 1210. The van der Waals surface area contributed by atoms with Gasteiger partial charge in [0.15, 0.2) is 5.82 Å². The predicted molar refractivity (Wildman–Crippen MR) is 119 cm³/mol. The number of anilines is 2. The molecule has 1 amide bonds. The van der Waals surface area contributed by atoms with Gasteiger partial charge in [-0.15, -0.1) is 0 Å². The topological polar surface area (TPSA) is 148 Å². The molecule has 0 spiro atoms. The first-order valence-electron chi connectivity index (χ1n) is 9.53. The maximum atomic E-state index is 14.4. The van der Waals surface area contributed by atoms with Crippen LogP contribution in [0.4, 0.5) is 20.4 Å². The average molecular weight is 483 g/mol. The molecule has 0 unspecified atom stereocenters. The van der Waals surface area contributed by atoms with E-state index in [4.69, 9.17) is 14.8 Å². The lowest BCUT2D eigenvalue weighted by Gasteiger charge is -2.12. The summed E-state index contributed by atoms with van der Waals surface area (Å²) in [5.41, 5.74) is 5.73. The maximum absolute atomic E-state index is 14.4. The molecule has 3 rings (SSSR count). The van der Waals surface area contributed by atoms with Crippen LogP contribution in [0.15, 0.2) is 41.1 Å². The molecule has 2 aromatic heterocycles. The standard InChI is InChI=1S/C20H20F2N4O2.CH4O3S/c1-20(2,3)16-9-18(26-28-16)25-19(27)8-13-14(21)6-12(7-15(13)22)11-4-5-17(23)24-10-11;1-5(2,3)4/h4-7,9-10H,8H2,1-3H3,(H2,23,24)(H,25,26,27);1H3,(H,2,3,4). The van der Waals surface area contributed by atoms with E-state index >= 15 is 0 Å². The van der Waals surface area contributed by atoms with E-state index in [1.165, 1.54) is 12.3 Å². The summed E-state index contributed by atoms with van der Waals surface area (Å²) in [6.45, 7) is 5.80. The Morgan fingerprint density at radius 1 is 1.15 bits per heavy atom. The van der Waals surface area contributed by atoms with Crippen molar-refractivity contribution < 1.29 is 31.1 Å². The first-order valence-corrected chi connectivity index (χ1v) is 11.4. The highest BCUT2D eigenvalue weighted by molar-refractivity contribution is 7.85. The molecule has 0 fully saturated rings. The number of pyridine rings is 1. The Hall–Kier alpha value is -3.38. The molecular weight excluding hydrogens is 458 g/mol. The number of nitrogens with zero attached hydrogens (tertiary/aromatic N) is 2. The number of rotatable bonds is 4. The summed E-state index contributed by atoms with van der Waals surface area (Å²) in [4.78, 5) is 16.1. The fourth-order valence-corrected chi connectivity index (χ4v) is 2.55. The highest BCUT2D eigenvalue weighted by atomic mass is 32.2. The molecule has 4 N–H and O–H groups in total. The molecule has 2 heterocycles. The van der Waals surface area contributed by atoms with Crippen molar-refractivity contribution in [2.75, 3.05) is 17.3 Å². The van der Waals surface area contributed by atoms with Crippen LogP contribution in [0.1, 0.15) is 32.1 Å². The van der Waals surface area contributed by atoms with E-state index in [9.17, 15) is 22.0 Å². The number of nitrogens with two attached hydrogens (primary N) is 1. The first kappa shape index (κ1) is 25.9. The summed E-state index contributed by atoms with van der Waals surface area (Å²) >= 11 is 0. The fourth-order valence-electron chi connectivity index (χ4n) is 2.55. The van der Waals surface area contributed by atoms with Gasteiger partial charge in [0.25, 0.3) is 10.1 Å². The van der Waals surface area contributed by atoms with Gasteiger partial charge in [-0.05, 0) is 29.8 Å².